The van der Waals surface area contributed by atoms with Crippen LogP contribution in [0.2, 0.25) is 0 Å². The number of hydrogen-bond acceptors (Lipinski definition) is 2. The van der Waals surface area contributed by atoms with Gasteiger partial charge in [-0.2, -0.15) is 0 Å². The highest BCUT2D eigenvalue weighted by Crippen LogP contribution is 2.68. The Balaban J connectivity index is 1.74. The van der Waals surface area contributed by atoms with Gasteiger partial charge in [0.25, 0.3) is 0 Å². The van der Waals surface area contributed by atoms with E-state index in [4.69, 9.17) is 0 Å². The summed E-state index contributed by atoms with van der Waals surface area (Å²) in [6.45, 7) is 9.26. The predicted octanol–water partition coefficient (Wildman–Crippen LogP) is 4.52. The van der Waals surface area contributed by atoms with Crippen LogP contribution in [0.1, 0.15) is 72.6 Å². The molecule has 3 fully saturated rings. The smallest absolute Gasteiger partial charge is 0.155 e. The highest BCUT2D eigenvalue weighted by atomic mass is 16.3. The Morgan fingerprint density at radius 3 is 2.52 bits per heavy atom. The molecule has 3 saturated carbocycles. The SMILES string of the molecule is C[C@@H]1CC2=CC(=O)CCC2(C)C2CCC3(C)C(CC[C@@]3(C)O)C21. The minimum atomic E-state index is -0.498. The van der Waals surface area contributed by atoms with Gasteiger partial charge >= 0.3 is 0 Å². The van der Waals surface area contributed by atoms with Gasteiger partial charge in [-0.3, -0.25) is 4.79 Å². The molecule has 7 atom stereocenters. The predicted molar refractivity (Wildman–Crippen MR) is 91.9 cm³/mol. The van der Waals surface area contributed by atoms with Crippen molar-refractivity contribution in [2.75, 3.05) is 0 Å². The molecule has 2 heteroatoms. The Labute approximate surface area is 140 Å². The molecule has 0 amide bonds. The summed E-state index contributed by atoms with van der Waals surface area (Å²) < 4.78 is 0. The number of ketones is 1. The number of carbonyl (C=O) groups is 1. The van der Waals surface area contributed by atoms with Gasteiger partial charge in [-0.15, -0.1) is 0 Å². The monoisotopic (exact) mass is 316 g/mol. The molecule has 0 saturated heterocycles. The largest absolute Gasteiger partial charge is 0.390 e. The lowest BCUT2D eigenvalue weighted by atomic mass is 9.44. The maximum absolute atomic E-state index is 11.9. The van der Waals surface area contributed by atoms with Gasteiger partial charge in [0.05, 0.1) is 5.60 Å². The Bertz CT molecular complexity index is 574. The molecule has 0 radical (unpaired) electrons. The summed E-state index contributed by atoms with van der Waals surface area (Å²) in [6.07, 6.45) is 9.39. The fourth-order valence-corrected chi connectivity index (χ4v) is 7.15. The molecular weight excluding hydrogens is 284 g/mol. The standard InChI is InChI=1S/C21H32O2/c1-13-11-14-12-15(22)5-8-19(14,2)16-6-9-20(3)17(18(13)16)7-10-21(20,4)23/h12-13,16-18,23H,5-11H2,1-4H3/t13-,16?,17?,18?,19?,20?,21-/m1/s1. The van der Waals surface area contributed by atoms with Crippen molar-refractivity contribution < 1.29 is 9.90 Å². The number of allylic oxidation sites excluding steroid dienone is 1. The van der Waals surface area contributed by atoms with E-state index in [0.717, 1.165) is 38.0 Å². The highest BCUT2D eigenvalue weighted by Gasteiger charge is 2.63. The van der Waals surface area contributed by atoms with Crippen LogP contribution < -0.4 is 0 Å². The summed E-state index contributed by atoms with van der Waals surface area (Å²) in [5.74, 6) is 3.06. The molecular formula is C21H32O2. The number of hydrogen-bond donors (Lipinski definition) is 1. The third kappa shape index (κ3) is 1.94. The molecule has 23 heavy (non-hydrogen) atoms. The van der Waals surface area contributed by atoms with Crippen LogP contribution in [0.5, 0.6) is 0 Å². The quantitative estimate of drug-likeness (QED) is 0.713. The fraction of sp³-hybridized carbons (Fsp3) is 0.857. The van der Waals surface area contributed by atoms with Crippen molar-refractivity contribution in [3.63, 3.8) is 0 Å². The van der Waals surface area contributed by atoms with Gasteiger partial charge in [0, 0.05) is 6.42 Å². The molecule has 0 aliphatic heterocycles. The summed E-state index contributed by atoms with van der Waals surface area (Å²) in [5.41, 5.74) is 1.27. The molecule has 2 nitrogen and oxygen atoms in total. The van der Waals surface area contributed by atoms with E-state index in [1.54, 1.807) is 0 Å². The molecule has 0 aromatic heterocycles. The van der Waals surface area contributed by atoms with E-state index in [9.17, 15) is 9.90 Å². The molecule has 0 aromatic rings. The maximum Gasteiger partial charge on any atom is 0.155 e. The maximum atomic E-state index is 11.9. The topological polar surface area (TPSA) is 37.3 Å². The lowest BCUT2D eigenvalue weighted by Gasteiger charge is -2.60. The van der Waals surface area contributed by atoms with E-state index < -0.39 is 5.60 Å². The van der Waals surface area contributed by atoms with Gasteiger partial charge < -0.3 is 5.11 Å². The average Bonchev–Trinajstić information content (AvgIpc) is 2.72. The van der Waals surface area contributed by atoms with Crippen molar-refractivity contribution in [3.05, 3.63) is 11.6 Å². The molecule has 5 unspecified atom stereocenters. The Hall–Kier alpha value is -0.630. The number of rotatable bonds is 0. The molecule has 4 aliphatic rings. The normalized spacial score (nSPS) is 55.7. The van der Waals surface area contributed by atoms with E-state index in [0.29, 0.717) is 23.5 Å². The summed E-state index contributed by atoms with van der Waals surface area (Å²) in [7, 11) is 0. The van der Waals surface area contributed by atoms with Gasteiger partial charge in [0.2, 0.25) is 0 Å². The lowest BCUT2D eigenvalue weighted by Crippen LogP contribution is -2.55. The number of aliphatic hydroxyl groups is 1. The molecule has 128 valence electrons. The zero-order valence-corrected chi connectivity index (χ0v) is 15.2. The average molecular weight is 316 g/mol. The first-order chi connectivity index (χ1) is 10.7. The van der Waals surface area contributed by atoms with Crippen LogP contribution in [-0.4, -0.2) is 16.5 Å². The van der Waals surface area contributed by atoms with E-state index in [-0.39, 0.29) is 10.8 Å². The van der Waals surface area contributed by atoms with E-state index in [1.807, 2.05) is 6.08 Å². The van der Waals surface area contributed by atoms with E-state index in [1.165, 1.54) is 18.4 Å². The van der Waals surface area contributed by atoms with Crippen molar-refractivity contribution >= 4 is 5.78 Å². The van der Waals surface area contributed by atoms with E-state index in [2.05, 4.69) is 27.7 Å². The Morgan fingerprint density at radius 2 is 1.78 bits per heavy atom. The summed E-state index contributed by atoms with van der Waals surface area (Å²) >= 11 is 0. The van der Waals surface area contributed by atoms with Crippen molar-refractivity contribution in [2.45, 2.75) is 78.2 Å². The zero-order chi connectivity index (χ0) is 16.6. The minimum Gasteiger partial charge on any atom is -0.390 e. The summed E-state index contributed by atoms with van der Waals surface area (Å²) in [4.78, 5) is 11.9. The van der Waals surface area contributed by atoms with Gasteiger partial charge in [0.1, 0.15) is 0 Å². The first-order valence-corrected chi connectivity index (χ1v) is 9.65. The zero-order valence-electron chi connectivity index (χ0n) is 15.2. The second-order valence-corrected chi connectivity index (χ2v) is 9.79. The second kappa shape index (κ2) is 4.71. The molecule has 4 rings (SSSR count). The summed E-state index contributed by atoms with van der Waals surface area (Å²) in [6, 6.07) is 0. The summed E-state index contributed by atoms with van der Waals surface area (Å²) in [5, 5.41) is 11.0. The fourth-order valence-electron chi connectivity index (χ4n) is 7.15. The van der Waals surface area contributed by atoms with Gasteiger partial charge in [0.15, 0.2) is 5.78 Å². The first-order valence-electron chi connectivity index (χ1n) is 9.65. The van der Waals surface area contributed by atoms with Gasteiger partial charge in [-0.05, 0) is 86.0 Å². The highest BCUT2D eigenvalue weighted by molar-refractivity contribution is 5.91. The van der Waals surface area contributed by atoms with Crippen molar-refractivity contribution in [1.29, 1.82) is 0 Å². The molecule has 0 aromatic carbocycles. The van der Waals surface area contributed by atoms with Gasteiger partial charge in [-0.25, -0.2) is 0 Å². The van der Waals surface area contributed by atoms with Crippen LogP contribution in [0.25, 0.3) is 0 Å². The Kier molecular flexibility index (Phi) is 3.25. The van der Waals surface area contributed by atoms with Crippen molar-refractivity contribution in [2.24, 2.45) is 34.5 Å². The third-order valence-corrected chi connectivity index (χ3v) is 8.87. The van der Waals surface area contributed by atoms with Crippen LogP contribution in [0, 0.1) is 34.5 Å². The second-order valence-electron chi connectivity index (χ2n) is 9.79. The van der Waals surface area contributed by atoms with Crippen LogP contribution >= 0.6 is 0 Å². The minimum absolute atomic E-state index is 0.0878. The van der Waals surface area contributed by atoms with Crippen LogP contribution in [0.4, 0.5) is 0 Å². The molecule has 0 bridgehead atoms. The number of carbonyl (C=O) groups excluding carboxylic acids is 1. The van der Waals surface area contributed by atoms with Crippen molar-refractivity contribution in [3.8, 4) is 0 Å². The Morgan fingerprint density at radius 1 is 1.09 bits per heavy atom. The molecule has 0 spiro atoms. The van der Waals surface area contributed by atoms with Crippen LogP contribution in [0.15, 0.2) is 11.6 Å². The molecule has 1 N–H and O–H groups in total. The van der Waals surface area contributed by atoms with Gasteiger partial charge in [-0.1, -0.05) is 26.3 Å². The van der Waals surface area contributed by atoms with E-state index >= 15 is 0 Å². The molecule has 0 heterocycles. The van der Waals surface area contributed by atoms with Crippen LogP contribution in [-0.2, 0) is 4.79 Å². The molecule has 4 aliphatic carbocycles. The number of fused-ring (bicyclic) bond motifs is 5. The third-order valence-electron chi connectivity index (χ3n) is 8.87. The van der Waals surface area contributed by atoms with Crippen molar-refractivity contribution in [1.82, 2.24) is 0 Å². The first kappa shape index (κ1) is 15.9. The van der Waals surface area contributed by atoms with Crippen LogP contribution in [0.3, 0.4) is 0 Å². The lowest BCUT2D eigenvalue weighted by molar-refractivity contribution is -0.132.